The van der Waals surface area contributed by atoms with Gasteiger partial charge in [-0.2, -0.15) is 0 Å². The predicted octanol–water partition coefficient (Wildman–Crippen LogP) is 1.02. The van der Waals surface area contributed by atoms with Gasteiger partial charge in [0.1, 0.15) is 0 Å². The Labute approximate surface area is 114 Å². The van der Waals surface area contributed by atoms with Crippen LogP contribution >= 0.6 is 0 Å². The first-order chi connectivity index (χ1) is 9.33. The summed E-state index contributed by atoms with van der Waals surface area (Å²) in [6.45, 7) is 6.46. The summed E-state index contributed by atoms with van der Waals surface area (Å²) < 4.78 is 10.5. The SMILES string of the molecule is COc1ccc(NCCN2CCNCC2)cc1OC. The van der Waals surface area contributed by atoms with Gasteiger partial charge in [0.2, 0.25) is 0 Å². The van der Waals surface area contributed by atoms with E-state index in [0.717, 1.165) is 56.5 Å². The van der Waals surface area contributed by atoms with Crippen molar-refractivity contribution in [2.45, 2.75) is 0 Å². The first-order valence-corrected chi connectivity index (χ1v) is 6.72. The minimum Gasteiger partial charge on any atom is -0.493 e. The normalized spacial score (nSPS) is 16.1. The first kappa shape index (κ1) is 14.0. The largest absolute Gasteiger partial charge is 0.493 e. The number of rotatable bonds is 6. The number of ether oxygens (including phenoxy) is 2. The number of hydrogen-bond donors (Lipinski definition) is 2. The van der Waals surface area contributed by atoms with Gasteiger partial charge in [-0.3, -0.25) is 4.90 Å². The number of nitrogens with one attached hydrogen (secondary N) is 2. The highest BCUT2D eigenvalue weighted by atomic mass is 16.5. The topological polar surface area (TPSA) is 45.8 Å². The summed E-state index contributed by atoms with van der Waals surface area (Å²) in [5.74, 6) is 1.52. The van der Waals surface area contributed by atoms with Gasteiger partial charge < -0.3 is 20.1 Å². The molecule has 0 amide bonds. The van der Waals surface area contributed by atoms with Gasteiger partial charge in [-0.1, -0.05) is 0 Å². The van der Waals surface area contributed by atoms with E-state index >= 15 is 0 Å². The standard InChI is InChI=1S/C14H23N3O2/c1-18-13-4-3-12(11-14(13)19-2)16-7-10-17-8-5-15-6-9-17/h3-4,11,15-16H,5-10H2,1-2H3. The van der Waals surface area contributed by atoms with Crippen LogP contribution in [0, 0.1) is 0 Å². The van der Waals surface area contributed by atoms with E-state index in [1.165, 1.54) is 0 Å². The minimum atomic E-state index is 0.759. The lowest BCUT2D eigenvalue weighted by atomic mass is 10.2. The first-order valence-electron chi connectivity index (χ1n) is 6.72. The maximum Gasteiger partial charge on any atom is 0.162 e. The van der Waals surface area contributed by atoms with E-state index in [-0.39, 0.29) is 0 Å². The van der Waals surface area contributed by atoms with Crippen LogP contribution in [-0.2, 0) is 0 Å². The predicted molar refractivity (Wildman–Crippen MR) is 77.3 cm³/mol. The lowest BCUT2D eigenvalue weighted by molar-refractivity contribution is 0.249. The second-order valence-corrected chi connectivity index (χ2v) is 4.59. The average molecular weight is 265 g/mol. The Morgan fingerprint density at radius 3 is 2.58 bits per heavy atom. The van der Waals surface area contributed by atoms with Crippen molar-refractivity contribution < 1.29 is 9.47 Å². The Morgan fingerprint density at radius 1 is 1.16 bits per heavy atom. The molecule has 1 fully saturated rings. The molecule has 2 N–H and O–H groups in total. The van der Waals surface area contributed by atoms with Crippen molar-refractivity contribution >= 4 is 5.69 Å². The molecular weight excluding hydrogens is 242 g/mol. The Morgan fingerprint density at radius 2 is 1.89 bits per heavy atom. The molecule has 1 aromatic rings. The number of hydrogen-bond acceptors (Lipinski definition) is 5. The summed E-state index contributed by atoms with van der Waals surface area (Å²) in [5.41, 5.74) is 1.06. The van der Waals surface area contributed by atoms with E-state index in [9.17, 15) is 0 Å². The van der Waals surface area contributed by atoms with Crippen molar-refractivity contribution in [1.29, 1.82) is 0 Å². The molecule has 0 unspecified atom stereocenters. The van der Waals surface area contributed by atoms with Gasteiger partial charge in [-0.25, -0.2) is 0 Å². The lowest BCUT2D eigenvalue weighted by Crippen LogP contribution is -2.45. The van der Waals surface area contributed by atoms with Crippen LogP contribution in [-0.4, -0.2) is 58.4 Å². The van der Waals surface area contributed by atoms with E-state index in [1.54, 1.807) is 14.2 Å². The zero-order valence-electron chi connectivity index (χ0n) is 11.7. The molecule has 0 radical (unpaired) electrons. The molecule has 1 aliphatic rings. The van der Waals surface area contributed by atoms with Crippen LogP contribution in [0.25, 0.3) is 0 Å². The molecule has 1 heterocycles. The van der Waals surface area contributed by atoms with Crippen LogP contribution in [0.15, 0.2) is 18.2 Å². The highest BCUT2D eigenvalue weighted by molar-refractivity contribution is 5.54. The summed E-state index contributed by atoms with van der Waals surface area (Å²) >= 11 is 0. The molecule has 0 bridgehead atoms. The smallest absolute Gasteiger partial charge is 0.162 e. The molecule has 0 saturated carbocycles. The van der Waals surface area contributed by atoms with Crippen LogP contribution in [0.5, 0.6) is 11.5 Å². The van der Waals surface area contributed by atoms with Crippen molar-refractivity contribution in [2.75, 3.05) is 58.8 Å². The summed E-state index contributed by atoms with van der Waals surface area (Å²) in [6, 6.07) is 5.90. The van der Waals surface area contributed by atoms with Crippen LogP contribution in [0.2, 0.25) is 0 Å². The lowest BCUT2D eigenvalue weighted by Gasteiger charge is -2.27. The van der Waals surface area contributed by atoms with Crippen LogP contribution in [0.4, 0.5) is 5.69 Å². The molecule has 1 saturated heterocycles. The quantitative estimate of drug-likeness (QED) is 0.804. The van der Waals surface area contributed by atoms with Gasteiger partial charge in [0.05, 0.1) is 14.2 Å². The molecule has 106 valence electrons. The molecule has 2 rings (SSSR count). The molecule has 1 aliphatic heterocycles. The number of piperazine rings is 1. The van der Waals surface area contributed by atoms with Crippen LogP contribution in [0.1, 0.15) is 0 Å². The molecule has 1 aromatic carbocycles. The zero-order valence-corrected chi connectivity index (χ0v) is 11.7. The summed E-state index contributed by atoms with van der Waals surface area (Å²) in [5, 5.41) is 6.78. The van der Waals surface area contributed by atoms with Gasteiger partial charge in [0.15, 0.2) is 11.5 Å². The molecule has 0 aliphatic carbocycles. The maximum absolute atomic E-state index is 5.29. The highest BCUT2D eigenvalue weighted by Crippen LogP contribution is 2.29. The number of nitrogens with zero attached hydrogens (tertiary/aromatic N) is 1. The van der Waals surface area contributed by atoms with E-state index in [4.69, 9.17) is 9.47 Å². The molecule has 0 atom stereocenters. The zero-order chi connectivity index (χ0) is 13.5. The maximum atomic E-state index is 5.29. The summed E-state index contributed by atoms with van der Waals surface area (Å²) in [6.07, 6.45) is 0. The third kappa shape index (κ3) is 4.01. The molecule has 5 nitrogen and oxygen atoms in total. The van der Waals surface area contributed by atoms with E-state index in [0.29, 0.717) is 0 Å². The minimum absolute atomic E-state index is 0.759. The van der Waals surface area contributed by atoms with Crippen molar-refractivity contribution in [1.82, 2.24) is 10.2 Å². The molecular formula is C14H23N3O2. The van der Waals surface area contributed by atoms with Crippen molar-refractivity contribution in [3.8, 4) is 11.5 Å². The van der Waals surface area contributed by atoms with Crippen LogP contribution < -0.4 is 20.1 Å². The van der Waals surface area contributed by atoms with Crippen LogP contribution in [0.3, 0.4) is 0 Å². The molecule has 0 spiro atoms. The Kier molecular flexibility index (Phi) is 5.30. The second-order valence-electron chi connectivity index (χ2n) is 4.59. The van der Waals surface area contributed by atoms with Gasteiger partial charge in [0, 0.05) is 51.0 Å². The third-order valence-electron chi connectivity index (χ3n) is 3.35. The van der Waals surface area contributed by atoms with E-state index in [2.05, 4.69) is 15.5 Å². The van der Waals surface area contributed by atoms with Crippen molar-refractivity contribution in [3.05, 3.63) is 18.2 Å². The monoisotopic (exact) mass is 265 g/mol. The van der Waals surface area contributed by atoms with Crippen molar-refractivity contribution in [2.24, 2.45) is 0 Å². The fourth-order valence-electron chi connectivity index (χ4n) is 2.24. The summed E-state index contributed by atoms with van der Waals surface area (Å²) in [4.78, 5) is 2.46. The van der Waals surface area contributed by atoms with E-state index in [1.807, 2.05) is 18.2 Å². The number of benzene rings is 1. The highest BCUT2D eigenvalue weighted by Gasteiger charge is 2.09. The Balaban J connectivity index is 1.81. The number of anilines is 1. The Hall–Kier alpha value is -1.46. The fourth-order valence-corrected chi connectivity index (χ4v) is 2.24. The van der Waals surface area contributed by atoms with E-state index < -0.39 is 0 Å². The van der Waals surface area contributed by atoms with Gasteiger partial charge in [-0.15, -0.1) is 0 Å². The van der Waals surface area contributed by atoms with Crippen molar-refractivity contribution in [3.63, 3.8) is 0 Å². The van der Waals surface area contributed by atoms with Gasteiger partial charge in [0.25, 0.3) is 0 Å². The fraction of sp³-hybridized carbons (Fsp3) is 0.571. The third-order valence-corrected chi connectivity index (χ3v) is 3.35. The second kappa shape index (κ2) is 7.21. The number of methoxy groups -OCH3 is 2. The average Bonchev–Trinajstić information content (AvgIpc) is 2.48. The molecule has 5 heteroatoms. The molecule has 19 heavy (non-hydrogen) atoms. The van der Waals surface area contributed by atoms with Gasteiger partial charge >= 0.3 is 0 Å². The molecule has 0 aromatic heterocycles. The summed E-state index contributed by atoms with van der Waals surface area (Å²) in [7, 11) is 3.30. The van der Waals surface area contributed by atoms with Gasteiger partial charge in [-0.05, 0) is 12.1 Å². The Bertz CT molecular complexity index is 392.